The van der Waals surface area contributed by atoms with Crippen molar-refractivity contribution >= 4 is 17.4 Å². The van der Waals surface area contributed by atoms with Gasteiger partial charge in [0.05, 0.1) is 12.8 Å². The van der Waals surface area contributed by atoms with Gasteiger partial charge in [-0.3, -0.25) is 0 Å². The Morgan fingerprint density at radius 2 is 1.75 bits per heavy atom. The molecule has 0 aliphatic heterocycles. The zero-order valence-electron chi connectivity index (χ0n) is 16.3. The van der Waals surface area contributed by atoms with E-state index in [4.69, 9.17) is 14.4 Å². The maximum Gasteiger partial charge on any atom is 0.360 e. The van der Waals surface area contributed by atoms with Gasteiger partial charge < -0.3 is 14.4 Å². The van der Waals surface area contributed by atoms with Crippen LogP contribution >= 0.6 is 0 Å². The molecule has 0 spiro atoms. The van der Waals surface area contributed by atoms with Crippen molar-refractivity contribution in [3.8, 4) is 0 Å². The number of ether oxygens (including phenoxy) is 1. The number of oxime groups is 2. The van der Waals surface area contributed by atoms with E-state index in [1.54, 1.807) is 6.07 Å². The molecule has 0 saturated heterocycles. The van der Waals surface area contributed by atoms with Gasteiger partial charge in [-0.2, -0.15) is 0 Å². The summed E-state index contributed by atoms with van der Waals surface area (Å²) in [5.74, 6) is 0.358. The third-order valence-corrected chi connectivity index (χ3v) is 4.82. The second-order valence-electron chi connectivity index (χ2n) is 6.64. The first-order valence-corrected chi connectivity index (χ1v) is 9.14. The second kappa shape index (κ2) is 9.17. The first-order valence-electron chi connectivity index (χ1n) is 9.14. The Morgan fingerprint density at radius 3 is 2.46 bits per heavy atom. The highest BCUT2D eigenvalue weighted by molar-refractivity contribution is 6.43. The average molecular weight is 380 g/mol. The summed E-state index contributed by atoms with van der Waals surface area (Å²) in [4.78, 5) is 22.4. The lowest BCUT2D eigenvalue weighted by molar-refractivity contribution is -0.132. The smallest absolute Gasteiger partial charge is 0.360 e. The summed E-state index contributed by atoms with van der Waals surface area (Å²) in [5.41, 5.74) is 3.78. The van der Waals surface area contributed by atoms with Gasteiger partial charge >= 0.3 is 5.97 Å². The summed E-state index contributed by atoms with van der Waals surface area (Å²) in [6.45, 7) is 2.21. The van der Waals surface area contributed by atoms with Crippen LogP contribution in [0.25, 0.3) is 0 Å². The highest BCUT2D eigenvalue weighted by Crippen LogP contribution is 2.48. The maximum atomic E-state index is 12.0. The molecule has 1 aliphatic carbocycles. The molecule has 146 valence electrons. The summed E-state index contributed by atoms with van der Waals surface area (Å²) < 4.78 is 4.79. The van der Waals surface area contributed by atoms with Crippen LogP contribution in [0.2, 0.25) is 0 Å². The van der Waals surface area contributed by atoms with Crippen molar-refractivity contribution < 1.29 is 19.2 Å². The monoisotopic (exact) mass is 380 g/mol. The topological polar surface area (TPSA) is 69.5 Å². The minimum atomic E-state index is -0.572. The lowest BCUT2D eigenvalue weighted by Crippen LogP contribution is -2.19. The molecule has 1 fully saturated rings. The fourth-order valence-corrected chi connectivity index (χ4v) is 3.26. The van der Waals surface area contributed by atoms with Gasteiger partial charge in [-0.1, -0.05) is 64.9 Å². The first-order chi connectivity index (χ1) is 13.7. The molecule has 0 aromatic heterocycles. The minimum absolute atomic E-state index is 0.0937. The Balaban J connectivity index is 1.66. The largest absolute Gasteiger partial charge is 0.464 e. The molecule has 0 heterocycles. The highest BCUT2D eigenvalue weighted by Gasteiger charge is 2.40. The molecule has 0 radical (unpaired) electrons. The van der Waals surface area contributed by atoms with Crippen molar-refractivity contribution in [2.24, 2.45) is 16.2 Å². The maximum absolute atomic E-state index is 12.0. The quantitative estimate of drug-likeness (QED) is 0.396. The van der Waals surface area contributed by atoms with Crippen LogP contribution in [0.1, 0.15) is 36.0 Å². The Morgan fingerprint density at radius 1 is 1.04 bits per heavy atom. The van der Waals surface area contributed by atoms with Crippen LogP contribution in [-0.2, 0) is 25.8 Å². The van der Waals surface area contributed by atoms with Crippen LogP contribution in [0.3, 0.4) is 0 Å². The second-order valence-corrected chi connectivity index (χ2v) is 6.64. The van der Waals surface area contributed by atoms with Crippen LogP contribution in [0.4, 0.5) is 0 Å². The van der Waals surface area contributed by atoms with Gasteiger partial charge in [0.1, 0.15) is 13.7 Å². The van der Waals surface area contributed by atoms with Gasteiger partial charge in [0.25, 0.3) is 0 Å². The minimum Gasteiger partial charge on any atom is -0.464 e. The zero-order chi connectivity index (χ0) is 19.9. The third-order valence-electron chi connectivity index (χ3n) is 4.82. The summed E-state index contributed by atoms with van der Waals surface area (Å²) >= 11 is 0. The average Bonchev–Trinajstić information content (AvgIpc) is 3.54. The van der Waals surface area contributed by atoms with Crippen molar-refractivity contribution in [2.45, 2.75) is 25.9 Å². The molecule has 6 heteroatoms. The van der Waals surface area contributed by atoms with Gasteiger partial charge in [0, 0.05) is 17.0 Å². The first kappa shape index (κ1) is 19.6. The van der Waals surface area contributed by atoms with E-state index < -0.39 is 5.97 Å². The molecule has 2 atom stereocenters. The van der Waals surface area contributed by atoms with E-state index in [1.165, 1.54) is 19.8 Å². The molecule has 6 nitrogen and oxygen atoms in total. The molecular formula is C22H24N2O4. The van der Waals surface area contributed by atoms with Crippen molar-refractivity contribution in [3.05, 3.63) is 71.3 Å². The van der Waals surface area contributed by atoms with Gasteiger partial charge in [-0.25, -0.2) is 4.79 Å². The van der Waals surface area contributed by atoms with Crippen molar-refractivity contribution in [3.63, 3.8) is 0 Å². The fourth-order valence-electron chi connectivity index (χ4n) is 3.26. The molecule has 0 amide bonds. The predicted octanol–water partition coefficient (Wildman–Crippen LogP) is 3.91. The Kier molecular flexibility index (Phi) is 6.42. The molecule has 0 unspecified atom stereocenters. The van der Waals surface area contributed by atoms with E-state index in [0.717, 1.165) is 17.7 Å². The Labute approximate surface area is 164 Å². The summed E-state index contributed by atoms with van der Waals surface area (Å²) in [6.07, 6.45) is 1.09. The predicted molar refractivity (Wildman–Crippen MR) is 107 cm³/mol. The normalized spacial score (nSPS) is 19.1. The molecule has 3 rings (SSSR count). The van der Waals surface area contributed by atoms with E-state index in [0.29, 0.717) is 17.4 Å². The Hall–Kier alpha value is -3.15. The summed E-state index contributed by atoms with van der Waals surface area (Å²) in [5, 5.41) is 8.10. The van der Waals surface area contributed by atoms with E-state index >= 15 is 0 Å². The van der Waals surface area contributed by atoms with E-state index in [2.05, 4.69) is 34.6 Å². The SMILES string of the molecule is CO/N=C(/C(=O)OC)c1ccccc1CO/N=C(\C)[C@@H]1C[C@H]1c1ccccc1. The van der Waals surface area contributed by atoms with Gasteiger partial charge in [0.2, 0.25) is 0 Å². The number of nitrogens with zero attached hydrogens (tertiary/aromatic N) is 2. The Bertz CT molecular complexity index is 877. The van der Waals surface area contributed by atoms with Gasteiger partial charge in [-0.15, -0.1) is 0 Å². The van der Waals surface area contributed by atoms with Crippen molar-refractivity contribution in [2.75, 3.05) is 14.2 Å². The lowest BCUT2D eigenvalue weighted by atomic mass is 10.0. The molecule has 0 bridgehead atoms. The molecule has 28 heavy (non-hydrogen) atoms. The number of benzene rings is 2. The van der Waals surface area contributed by atoms with Crippen LogP contribution < -0.4 is 0 Å². The number of carbonyl (C=O) groups is 1. The van der Waals surface area contributed by atoms with Gasteiger partial charge in [0.15, 0.2) is 5.71 Å². The number of esters is 1. The lowest BCUT2D eigenvalue weighted by Gasteiger charge is -2.10. The number of hydrogen-bond acceptors (Lipinski definition) is 6. The van der Waals surface area contributed by atoms with E-state index in [-0.39, 0.29) is 12.3 Å². The standard InChI is InChI=1S/C22H24N2O4/c1-15(19-13-20(19)16-9-5-4-6-10-16)23-28-14-17-11-7-8-12-18(17)21(24-27-3)22(25)26-2/h4-12,19-20H,13-14H2,1-3H3/b23-15+,24-21+/t19-,20-/m0/s1. The summed E-state index contributed by atoms with van der Waals surface area (Å²) in [6, 6.07) is 17.8. The highest BCUT2D eigenvalue weighted by atomic mass is 16.6. The number of rotatable bonds is 8. The summed E-state index contributed by atoms with van der Waals surface area (Å²) in [7, 11) is 2.69. The van der Waals surface area contributed by atoms with E-state index in [9.17, 15) is 4.79 Å². The van der Waals surface area contributed by atoms with Crippen LogP contribution in [-0.4, -0.2) is 31.6 Å². The molecular weight excluding hydrogens is 356 g/mol. The van der Waals surface area contributed by atoms with Crippen LogP contribution in [0.5, 0.6) is 0 Å². The zero-order valence-corrected chi connectivity index (χ0v) is 16.3. The molecule has 2 aromatic carbocycles. The van der Waals surface area contributed by atoms with Crippen molar-refractivity contribution in [1.29, 1.82) is 0 Å². The number of carbonyl (C=O) groups excluding carboxylic acids is 1. The number of hydrogen-bond donors (Lipinski definition) is 0. The third kappa shape index (κ3) is 4.57. The molecule has 1 aliphatic rings. The van der Waals surface area contributed by atoms with Crippen molar-refractivity contribution in [1.82, 2.24) is 0 Å². The fraction of sp³-hybridized carbons (Fsp3) is 0.318. The molecule has 0 N–H and O–H groups in total. The van der Waals surface area contributed by atoms with Crippen LogP contribution in [0, 0.1) is 5.92 Å². The number of methoxy groups -OCH3 is 1. The van der Waals surface area contributed by atoms with Gasteiger partial charge in [-0.05, 0) is 24.8 Å². The molecule has 2 aromatic rings. The van der Waals surface area contributed by atoms with Crippen LogP contribution in [0.15, 0.2) is 64.9 Å². The van der Waals surface area contributed by atoms with E-state index in [1.807, 2.05) is 31.2 Å². The molecule has 1 saturated carbocycles.